The predicted molar refractivity (Wildman–Crippen MR) is 84.5 cm³/mol. The molecule has 0 aliphatic carbocycles. The zero-order chi connectivity index (χ0) is 17.6. The van der Waals surface area contributed by atoms with Crippen LogP contribution >= 0.6 is 0 Å². The molecule has 0 N–H and O–H groups in total. The standard InChI is InChI=1S/C16H20O6S/c1-5-6-12(3)22-16(18)14(15(17)21-4)23(19,20)13-9-7-11(2)8-10-13/h5-10,12,14H,1-4H3/b6-5+. The second kappa shape index (κ2) is 7.92. The molecule has 0 saturated heterocycles. The van der Waals surface area contributed by atoms with Gasteiger partial charge in [-0.25, -0.2) is 13.2 Å². The van der Waals surface area contributed by atoms with Crippen LogP contribution in [-0.4, -0.2) is 38.8 Å². The van der Waals surface area contributed by atoms with Gasteiger partial charge in [-0.1, -0.05) is 23.8 Å². The maximum absolute atomic E-state index is 12.6. The molecule has 0 bridgehead atoms. The van der Waals surface area contributed by atoms with Gasteiger partial charge in [0.25, 0.3) is 5.25 Å². The molecule has 2 unspecified atom stereocenters. The molecular weight excluding hydrogens is 320 g/mol. The van der Waals surface area contributed by atoms with Crippen molar-refractivity contribution in [3.63, 3.8) is 0 Å². The summed E-state index contributed by atoms with van der Waals surface area (Å²) < 4.78 is 34.7. The number of ether oxygens (including phenoxy) is 2. The second-order valence-electron chi connectivity index (χ2n) is 4.93. The number of allylic oxidation sites excluding steroid dienone is 1. The van der Waals surface area contributed by atoms with Crippen LogP contribution in [0.2, 0.25) is 0 Å². The van der Waals surface area contributed by atoms with Gasteiger partial charge in [0.15, 0.2) is 0 Å². The predicted octanol–water partition coefficient (Wildman–Crippen LogP) is 1.82. The molecule has 0 fully saturated rings. The van der Waals surface area contributed by atoms with E-state index in [1.165, 1.54) is 12.1 Å². The first kappa shape index (κ1) is 18.9. The van der Waals surface area contributed by atoms with Gasteiger partial charge in [0.2, 0.25) is 9.84 Å². The van der Waals surface area contributed by atoms with Gasteiger partial charge in [-0.2, -0.15) is 0 Å². The molecule has 23 heavy (non-hydrogen) atoms. The molecule has 1 aromatic carbocycles. The van der Waals surface area contributed by atoms with E-state index in [2.05, 4.69) is 4.74 Å². The molecule has 0 aromatic heterocycles. The average Bonchev–Trinajstić information content (AvgIpc) is 2.47. The van der Waals surface area contributed by atoms with Crippen LogP contribution in [0.25, 0.3) is 0 Å². The number of esters is 2. The first-order chi connectivity index (χ1) is 10.7. The number of carbonyl (C=O) groups excluding carboxylic acids is 2. The number of carbonyl (C=O) groups is 2. The summed E-state index contributed by atoms with van der Waals surface area (Å²) in [6, 6.07) is 5.83. The van der Waals surface area contributed by atoms with Crippen molar-refractivity contribution in [2.24, 2.45) is 0 Å². The van der Waals surface area contributed by atoms with Gasteiger partial charge >= 0.3 is 11.9 Å². The van der Waals surface area contributed by atoms with Crippen molar-refractivity contribution in [3.05, 3.63) is 42.0 Å². The third-order valence-electron chi connectivity index (χ3n) is 3.05. The van der Waals surface area contributed by atoms with Gasteiger partial charge in [-0.15, -0.1) is 0 Å². The van der Waals surface area contributed by atoms with Crippen LogP contribution in [-0.2, 0) is 28.9 Å². The Bertz CT molecular complexity index is 688. The molecule has 0 spiro atoms. The lowest BCUT2D eigenvalue weighted by atomic mass is 10.2. The van der Waals surface area contributed by atoms with Crippen LogP contribution < -0.4 is 0 Å². The fourth-order valence-corrected chi connectivity index (χ4v) is 3.32. The van der Waals surface area contributed by atoms with E-state index in [4.69, 9.17) is 4.74 Å². The Labute approximate surface area is 136 Å². The molecule has 0 aliphatic heterocycles. The monoisotopic (exact) mass is 340 g/mol. The summed E-state index contributed by atoms with van der Waals surface area (Å²) in [6.07, 6.45) is 2.55. The smallest absolute Gasteiger partial charge is 0.337 e. The summed E-state index contributed by atoms with van der Waals surface area (Å²) in [5.74, 6) is -2.34. The zero-order valence-corrected chi connectivity index (χ0v) is 14.3. The first-order valence-electron chi connectivity index (χ1n) is 6.95. The lowest BCUT2D eigenvalue weighted by molar-refractivity contribution is -0.153. The lowest BCUT2D eigenvalue weighted by Crippen LogP contribution is -2.41. The van der Waals surface area contributed by atoms with Crippen LogP contribution in [0.5, 0.6) is 0 Å². The third-order valence-corrected chi connectivity index (χ3v) is 4.99. The lowest BCUT2D eigenvalue weighted by Gasteiger charge is -2.17. The Morgan fingerprint density at radius 3 is 2.17 bits per heavy atom. The Morgan fingerprint density at radius 2 is 1.70 bits per heavy atom. The maximum Gasteiger partial charge on any atom is 0.337 e. The number of methoxy groups -OCH3 is 1. The Kier molecular flexibility index (Phi) is 6.50. The minimum Gasteiger partial charge on any atom is -0.468 e. The largest absolute Gasteiger partial charge is 0.468 e. The molecule has 1 aromatic rings. The zero-order valence-electron chi connectivity index (χ0n) is 13.5. The highest BCUT2D eigenvalue weighted by atomic mass is 32.2. The SMILES string of the molecule is C/C=C/C(C)OC(=O)C(C(=O)OC)S(=O)(=O)c1ccc(C)cc1. The van der Waals surface area contributed by atoms with Crippen LogP contribution in [0, 0.1) is 6.92 Å². The van der Waals surface area contributed by atoms with Gasteiger partial charge in [-0.3, -0.25) is 4.79 Å². The van der Waals surface area contributed by atoms with E-state index in [0.717, 1.165) is 12.7 Å². The molecule has 0 aliphatic rings. The van der Waals surface area contributed by atoms with Gasteiger partial charge < -0.3 is 9.47 Å². The number of rotatable bonds is 6. The number of hydrogen-bond donors (Lipinski definition) is 0. The average molecular weight is 340 g/mol. The van der Waals surface area contributed by atoms with Gasteiger partial charge in [0.1, 0.15) is 6.10 Å². The number of hydrogen-bond acceptors (Lipinski definition) is 6. The molecule has 6 nitrogen and oxygen atoms in total. The van der Waals surface area contributed by atoms with Gasteiger partial charge in [0, 0.05) is 0 Å². The van der Waals surface area contributed by atoms with E-state index >= 15 is 0 Å². The van der Waals surface area contributed by atoms with Crippen LogP contribution in [0.1, 0.15) is 19.4 Å². The van der Waals surface area contributed by atoms with E-state index in [-0.39, 0.29) is 4.90 Å². The minimum absolute atomic E-state index is 0.144. The van der Waals surface area contributed by atoms with Gasteiger partial charge in [-0.05, 0) is 39.0 Å². The highest BCUT2D eigenvalue weighted by molar-refractivity contribution is 7.93. The minimum atomic E-state index is -4.26. The van der Waals surface area contributed by atoms with Crippen molar-refractivity contribution in [1.82, 2.24) is 0 Å². The summed E-state index contributed by atoms with van der Waals surface area (Å²) in [5.41, 5.74) is 0.850. The Balaban J connectivity index is 3.22. The van der Waals surface area contributed by atoms with Crippen molar-refractivity contribution in [2.75, 3.05) is 7.11 Å². The molecular formula is C16H20O6S. The van der Waals surface area contributed by atoms with Crippen LogP contribution in [0.4, 0.5) is 0 Å². The molecule has 0 saturated carbocycles. The topological polar surface area (TPSA) is 86.7 Å². The molecule has 126 valence electrons. The molecule has 0 radical (unpaired) electrons. The van der Waals surface area contributed by atoms with E-state index in [1.54, 1.807) is 45.1 Å². The summed E-state index contributed by atoms with van der Waals surface area (Å²) in [7, 11) is -3.25. The van der Waals surface area contributed by atoms with Crippen molar-refractivity contribution >= 4 is 21.8 Å². The van der Waals surface area contributed by atoms with E-state index in [0.29, 0.717) is 0 Å². The van der Waals surface area contributed by atoms with E-state index < -0.39 is 33.1 Å². The number of benzene rings is 1. The third kappa shape index (κ3) is 4.66. The molecule has 1 rings (SSSR count). The summed E-state index contributed by atoms with van der Waals surface area (Å²) in [6.45, 7) is 5.08. The molecule has 7 heteroatoms. The summed E-state index contributed by atoms with van der Waals surface area (Å²) >= 11 is 0. The quantitative estimate of drug-likeness (QED) is 0.446. The normalized spacial score (nSPS) is 14.3. The van der Waals surface area contributed by atoms with Crippen molar-refractivity contribution in [1.29, 1.82) is 0 Å². The fourth-order valence-electron chi connectivity index (χ4n) is 1.88. The first-order valence-corrected chi connectivity index (χ1v) is 8.50. The number of sulfone groups is 1. The van der Waals surface area contributed by atoms with Crippen molar-refractivity contribution in [2.45, 2.75) is 37.0 Å². The van der Waals surface area contributed by atoms with E-state index in [1.807, 2.05) is 0 Å². The Hall–Kier alpha value is -2.15. The molecule has 0 amide bonds. The second-order valence-corrected chi connectivity index (χ2v) is 6.96. The van der Waals surface area contributed by atoms with E-state index in [9.17, 15) is 18.0 Å². The molecule has 0 heterocycles. The summed E-state index contributed by atoms with van der Waals surface area (Å²) in [4.78, 5) is 23.9. The van der Waals surface area contributed by atoms with Gasteiger partial charge in [0.05, 0.1) is 12.0 Å². The maximum atomic E-state index is 12.6. The highest BCUT2D eigenvalue weighted by Crippen LogP contribution is 2.19. The van der Waals surface area contributed by atoms with Crippen LogP contribution in [0.15, 0.2) is 41.3 Å². The fraction of sp³-hybridized carbons (Fsp3) is 0.375. The molecule has 2 atom stereocenters. The number of aryl methyl sites for hydroxylation is 1. The van der Waals surface area contributed by atoms with Crippen molar-refractivity contribution < 1.29 is 27.5 Å². The highest BCUT2D eigenvalue weighted by Gasteiger charge is 2.43. The summed E-state index contributed by atoms with van der Waals surface area (Å²) in [5, 5.41) is -2.05. The van der Waals surface area contributed by atoms with Crippen molar-refractivity contribution in [3.8, 4) is 0 Å². The van der Waals surface area contributed by atoms with Crippen LogP contribution in [0.3, 0.4) is 0 Å². The Morgan fingerprint density at radius 1 is 1.13 bits per heavy atom.